The van der Waals surface area contributed by atoms with Gasteiger partial charge in [-0.1, -0.05) is 0 Å². The largest absolute Gasteiger partial charge is 0.481 e. The van der Waals surface area contributed by atoms with Crippen LogP contribution in [-0.2, 0) is 14.4 Å². The zero-order chi connectivity index (χ0) is 16.6. The summed E-state index contributed by atoms with van der Waals surface area (Å²) in [6, 6.07) is 0. The number of rotatable bonds is 0. The van der Waals surface area contributed by atoms with E-state index in [9.17, 15) is 0 Å². The first-order chi connectivity index (χ1) is 9.09. The molecule has 1 aliphatic rings. The molecule has 0 unspecified atom stereocenters. The van der Waals surface area contributed by atoms with Crippen molar-refractivity contribution in [3.8, 4) is 0 Å². The van der Waals surface area contributed by atoms with Crippen molar-refractivity contribution in [3.05, 3.63) is 24.3 Å². The maximum absolute atomic E-state index is 9.00. The van der Waals surface area contributed by atoms with Crippen LogP contribution in [-0.4, -0.2) is 39.4 Å². The molecular formula is C11H19N3O6. The number of aliphatic carboxylic acids is 3. The molecule has 0 aromatic carbocycles. The molecule has 0 saturated heterocycles. The molecule has 1 aliphatic heterocycles. The molecule has 0 atom stereocenters. The second-order valence-corrected chi connectivity index (χ2v) is 2.96. The van der Waals surface area contributed by atoms with Crippen molar-refractivity contribution in [2.75, 3.05) is 0 Å². The Morgan fingerprint density at radius 2 is 1.40 bits per heavy atom. The molecule has 20 heavy (non-hydrogen) atoms. The van der Waals surface area contributed by atoms with Crippen molar-refractivity contribution in [1.82, 2.24) is 5.32 Å². The lowest BCUT2D eigenvalue weighted by molar-refractivity contribution is -0.135. The van der Waals surface area contributed by atoms with Gasteiger partial charge in [0.25, 0.3) is 17.9 Å². The van der Waals surface area contributed by atoms with E-state index in [0.29, 0.717) is 5.70 Å². The maximum atomic E-state index is 9.00. The first-order valence-electron chi connectivity index (χ1n) is 5.08. The molecule has 0 amide bonds. The van der Waals surface area contributed by atoms with E-state index in [1.54, 1.807) is 24.8 Å². The minimum atomic E-state index is -0.833. The van der Waals surface area contributed by atoms with E-state index in [0.717, 1.165) is 20.8 Å². The van der Waals surface area contributed by atoms with E-state index in [-0.39, 0.29) is 0 Å². The minimum absolute atomic E-state index is 0.634. The van der Waals surface area contributed by atoms with Crippen LogP contribution in [0, 0.1) is 0 Å². The van der Waals surface area contributed by atoms with Gasteiger partial charge in [0.15, 0.2) is 0 Å². The first-order valence-corrected chi connectivity index (χ1v) is 5.08. The summed E-state index contributed by atoms with van der Waals surface area (Å²) in [5, 5.41) is 25.1. The average Bonchev–Trinajstić information content (AvgIpc) is 2.42. The normalized spacial score (nSPS) is 10.4. The van der Waals surface area contributed by atoms with Gasteiger partial charge in [-0.25, -0.2) is 0 Å². The summed E-state index contributed by atoms with van der Waals surface area (Å²) in [5.74, 6) is -2.50. The summed E-state index contributed by atoms with van der Waals surface area (Å²) in [6.45, 7) is 3.25. The lowest BCUT2D eigenvalue weighted by atomic mass is 10.5. The zero-order valence-electron chi connectivity index (χ0n) is 11.4. The molecule has 0 aliphatic carbocycles. The molecule has 6 N–H and O–H groups in total. The predicted molar refractivity (Wildman–Crippen MR) is 73.0 cm³/mol. The monoisotopic (exact) mass is 289 g/mol. The zero-order valence-corrected chi connectivity index (χ0v) is 11.4. The van der Waals surface area contributed by atoms with Crippen LogP contribution in [0.4, 0.5) is 0 Å². The molecular weight excluding hydrogens is 270 g/mol. The van der Waals surface area contributed by atoms with Crippen LogP contribution in [0.15, 0.2) is 29.3 Å². The van der Waals surface area contributed by atoms with Gasteiger partial charge in [0.05, 0.1) is 11.9 Å². The number of carbonyl (C=O) groups is 3. The van der Waals surface area contributed by atoms with E-state index >= 15 is 0 Å². The van der Waals surface area contributed by atoms with Gasteiger partial charge < -0.3 is 26.4 Å². The van der Waals surface area contributed by atoms with Gasteiger partial charge >= 0.3 is 0 Å². The number of carboxylic acids is 3. The summed E-state index contributed by atoms with van der Waals surface area (Å²) < 4.78 is 0. The number of carboxylic acid groups (broad SMARTS) is 3. The quantitative estimate of drug-likeness (QED) is 0.422. The van der Waals surface area contributed by atoms with Crippen molar-refractivity contribution >= 4 is 24.1 Å². The third-order valence-corrected chi connectivity index (χ3v) is 0.730. The number of allylic oxidation sites excluding steroid dienone is 1. The van der Waals surface area contributed by atoms with Crippen molar-refractivity contribution in [1.29, 1.82) is 0 Å². The van der Waals surface area contributed by atoms with E-state index < -0.39 is 17.9 Å². The Kier molecular flexibility index (Phi) is 18.1. The van der Waals surface area contributed by atoms with E-state index in [1.165, 1.54) is 0 Å². The molecule has 0 spiro atoms. The van der Waals surface area contributed by atoms with E-state index in [1.807, 2.05) is 0 Å². The molecule has 9 nitrogen and oxygen atoms in total. The van der Waals surface area contributed by atoms with Gasteiger partial charge in [-0.3, -0.25) is 19.4 Å². The molecule has 1 rings (SSSR count). The highest BCUT2D eigenvalue weighted by Gasteiger charge is 1.81. The fraction of sp³-hybridized carbons (Fsp3) is 0.273. The second-order valence-electron chi connectivity index (χ2n) is 2.96. The summed E-state index contributed by atoms with van der Waals surface area (Å²) in [6.07, 6.45) is 6.59. The van der Waals surface area contributed by atoms with Crippen molar-refractivity contribution in [3.63, 3.8) is 0 Å². The van der Waals surface area contributed by atoms with Crippen LogP contribution in [0.2, 0.25) is 0 Å². The molecule has 0 aromatic rings. The summed E-state index contributed by atoms with van der Waals surface area (Å²) in [5.41, 5.74) is 5.98. The Morgan fingerprint density at radius 1 is 1.05 bits per heavy atom. The average molecular weight is 289 g/mol. The summed E-state index contributed by atoms with van der Waals surface area (Å²) in [4.78, 5) is 30.8. The fourth-order valence-corrected chi connectivity index (χ4v) is 0.397. The smallest absolute Gasteiger partial charge is 0.300 e. The van der Waals surface area contributed by atoms with Crippen molar-refractivity contribution in [2.24, 2.45) is 10.7 Å². The summed E-state index contributed by atoms with van der Waals surface area (Å²) >= 11 is 0. The number of nitrogens with one attached hydrogen (secondary N) is 1. The van der Waals surface area contributed by atoms with Crippen molar-refractivity contribution < 1.29 is 29.7 Å². The van der Waals surface area contributed by atoms with Crippen LogP contribution in [0.1, 0.15) is 20.8 Å². The number of nitrogens with zero attached hydrogens (tertiary/aromatic N) is 1. The van der Waals surface area contributed by atoms with Crippen molar-refractivity contribution in [2.45, 2.75) is 20.8 Å². The van der Waals surface area contributed by atoms with Crippen LogP contribution in [0.25, 0.3) is 0 Å². The molecule has 1 heterocycles. The molecule has 0 bridgehead atoms. The van der Waals surface area contributed by atoms with Crippen LogP contribution in [0.5, 0.6) is 0 Å². The fourth-order valence-electron chi connectivity index (χ4n) is 0.397. The Morgan fingerprint density at radius 3 is 1.75 bits per heavy atom. The Bertz CT molecular complexity index is 344. The Labute approximate surface area is 116 Å². The number of aliphatic imine (C=N–C) groups is 1. The van der Waals surface area contributed by atoms with Crippen LogP contribution < -0.4 is 11.1 Å². The van der Waals surface area contributed by atoms with E-state index in [4.69, 9.17) is 35.4 Å². The number of hydrogen-bond acceptors (Lipinski definition) is 6. The predicted octanol–water partition coefficient (Wildman–Crippen LogP) is 0.204. The Hall–Kier alpha value is -2.84. The van der Waals surface area contributed by atoms with Gasteiger partial charge in [-0.05, 0) is 0 Å². The molecule has 0 fully saturated rings. The highest BCUT2D eigenvalue weighted by atomic mass is 16.4. The van der Waals surface area contributed by atoms with E-state index in [2.05, 4.69) is 10.3 Å². The van der Waals surface area contributed by atoms with Crippen LogP contribution >= 0.6 is 0 Å². The van der Waals surface area contributed by atoms with Gasteiger partial charge in [-0.15, -0.1) is 0 Å². The third-order valence-electron chi connectivity index (χ3n) is 0.730. The van der Waals surface area contributed by atoms with Gasteiger partial charge in [0.1, 0.15) is 0 Å². The molecule has 9 heteroatoms. The highest BCUT2D eigenvalue weighted by Crippen LogP contribution is 1.81. The minimum Gasteiger partial charge on any atom is -0.481 e. The second kappa shape index (κ2) is 16.2. The highest BCUT2D eigenvalue weighted by molar-refractivity contribution is 5.77. The molecule has 0 aromatic heterocycles. The third kappa shape index (κ3) is 80.1. The lowest BCUT2D eigenvalue weighted by Crippen LogP contribution is -2.02. The van der Waals surface area contributed by atoms with Gasteiger partial charge in [0, 0.05) is 39.4 Å². The molecule has 114 valence electrons. The van der Waals surface area contributed by atoms with Gasteiger partial charge in [0.2, 0.25) is 0 Å². The number of nitrogens with two attached hydrogens (primary N) is 1. The first kappa shape index (κ1) is 22.3. The maximum Gasteiger partial charge on any atom is 0.300 e. The molecule has 0 radical (unpaired) electrons. The Balaban J connectivity index is -0.000000209. The topological polar surface area (TPSA) is 162 Å². The van der Waals surface area contributed by atoms with Gasteiger partial charge in [-0.2, -0.15) is 0 Å². The standard InChI is InChI=1S/C5H7N3.3C2H4O2/c6-5-3-7-1-2-8-4-5;3*1-2(3)4/h1-4,7H,6H2;3*1H3,(H,3,4). The number of hydrogen-bond donors (Lipinski definition) is 5. The SMILES string of the molecule is CC(=O)O.CC(=O)O.CC(=O)O.NC1=CNC=CN=C1. The molecule has 0 saturated carbocycles. The van der Waals surface area contributed by atoms with Crippen LogP contribution in [0.3, 0.4) is 0 Å². The lowest BCUT2D eigenvalue weighted by Gasteiger charge is -1.85. The summed E-state index contributed by atoms with van der Waals surface area (Å²) in [7, 11) is 0.